The zero-order chi connectivity index (χ0) is 13.8. The van der Waals surface area contributed by atoms with Crippen LogP contribution in [0.5, 0.6) is 0 Å². The molecule has 1 aliphatic carbocycles. The molecule has 2 atom stereocenters. The number of carbonyl (C=O) groups is 1. The predicted octanol–water partition coefficient (Wildman–Crippen LogP) is 2.87. The number of rotatable bonds is 4. The number of hydrogen-bond acceptors (Lipinski definition) is 2. The van der Waals surface area contributed by atoms with Crippen LogP contribution < -0.4 is 11.1 Å². The molecule has 0 radical (unpaired) electrons. The molecule has 0 unspecified atom stereocenters. The number of benzene rings is 1. The minimum absolute atomic E-state index is 0.0920. The molecule has 0 heterocycles. The van der Waals surface area contributed by atoms with Gasteiger partial charge < -0.3 is 11.1 Å². The van der Waals surface area contributed by atoms with Gasteiger partial charge in [-0.3, -0.25) is 4.79 Å². The van der Waals surface area contributed by atoms with Gasteiger partial charge in [-0.15, -0.1) is 0 Å². The van der Waals surface area contributed by atoms with Crippen molar-refractivity contribution in [3.8, 4) is 0 Å². The fourth-order valence-electron chi connectivity index (χ4n) is 3.08. The molecule has 1 aromatic rings. The third kappa shape index (κ3) is 2.98. The monoisotopic (exact) mass is 260 g/mol. The van der Waals surface area contributed by atoms with Crippen LogP contribution in [0.25, 0.3) is 0 Å². The quantitative estimate of drug-likeness (QED) is 0.874. The molecule has 3 N–H and O–H groups in total. The molecule has 1 aliphatic rings. The number of carbonyl (C=O) groups excluding carboxylic acids is 1. The summed E-state index contributed by atoms with van der Waals surface area (Å²) in [6.07, 6.45) is 4.11. The zero-order valence-electron chi connectivity index (χ0n) is 11.9. The van der Waals surface area contributed by atoms with E-state index in [4.69, 9.17) is 5.73 Å². The summed E-state index contributed by atoms with van der Waals surface area (Å²) in [5.74, 6) is 0.598. The molecule has 3 nitrogen and oxygen atoms in total. The molecule has 1 fully saturated rings. The topological polar surface area (TPSA) is 55.1 Å². The molecule has 3 heteroatoms. The summed E-state index contributed by atoms with van der Waals surface area (Å²) < 4.78 is 0. The van der Waals surface area contributed by atoms with E-state index < -0.39 is 0 Å². The fraction of sp³-hybridized carbons (Fsp3) is 0.562. The minimum atomic E-state index is 0.0920. The highest BCUT2D eigenvalue weighted by Crippen LogP contribution is 2.32. The Balaban J connectivity index is 2.15. The number of para-hydroxylation sites is 1. The molecule has 19 heavy (non-hydrogen) atoms. The van der Waals surface area contributed by atoms with Crippen molar-refractivity contribution in [1.29, 1.82) is 0 Å². The molecule has 0 aromatic heterocycles. The Hall–Kier alpha value is -1.35. The number of nitrogens with one attached hydrogen (secondary N) is 1. The average molecular weight is 260 g/mol. The zero-order valence-corrected chi connectivity index (χ0v) is 11.9. The van der Waals surface area contributed by atoms with Gasteiger partial charge in [0, 0.05) is 11.6 Å². The lowest BCUT2D eigenvalue weighted by Crippen LogP contribution is -2.30. The van der Waals surface area contributed by atoms with Gasteiger partial charge in [-0.05, 0) is 49.8 Å². The molecular weight excluding hydrogens is 236 g/mol. The second-order valence-electron chi connectivity index (χ2n) is 5.49. The SMILES string of the molecule is CCc1cccc(C)c1NC(=O)[C@@H]1CCC[C@@H]1CN. The molecule has 0 bridgehead atoms. The van der Waals surface area contributed by atoms with Gasteiger partial charge in [0.1, 0.15) is 0 Å². The van der Waals surface area contributed by atoms with Crippen molar-refractivity contribution in [2.75, 3.05) is 11.9 Å². The van der Waals surface area contributed by atoms with E-state index in [0.717, 1.165) is 36.9 Å². The van der Waals surface area contributed by atoms with Crippen LogP contribution in [0.1, 0.15) is 37.3 Å². The first-order valence-corrected chi connectivity index (χ1v) is 7.26. The summed E-state index contributed by atoms with van der Waals surface area (Å²) in [4.78, 5) is 12.4. The van der Waals surface area contributed by atoms with E-state index in [1.165, 1.54) is 5.56 Å². The molecule has 1 aromatic carbocycles. The van der Waals surface area contributed by atoms with E-state index in [1.54, 1.807) is 0 Å². The van der Waals surface area contributed by atoms with Gasteiger partial charge >= 0.3 is 0 Å². The number of amides is 1. The molecule has 0 saturated heterocycles. The van der Waals surface area contributed by atoms with Gasteiger partial charge in [0.2, 0.25) is 5.91 Å². The van der Waals surface area contributed by atoms with Gasteiger partial charge in [-0.2, -0.15) is 0 Å². The Morgan fingerprint density at radius 1 is 1.42 bits per heavy atom. The Morgan fingerprint density at radius 3 is 2.89 bits per heavy atom. The number of aryl methyl sites for hydroxylation is 2. The van der Waals surface area contributed by atoms with Gasteiger partial charge in [0.05, 0.1) is 0 Å². The van der Waals surface area contributed by atoms with Crippen LogP contribution in [0.3, 0.4) is 0 Å². The minimum Gasteiger partial charge on any atom is -0.330 e. The Labute approximate surface area is 115 Å². The summed E-state index contributed by atoms with van der Waals surface area (Å²) in [5, 5.41) is 3.14. The van der Waals surface area contributed by atoms with E-state index in [2.05, 4.69) is 18.3 Å². The van der Waals surface area contributed by atoms with Crippen LogP contribution in [-0.4, -0.2) is 12.5 Å². The van der Waals surface area contributed by atoms with Crippen LogP contribution in [0.2, 0.25) is 0 Å². The first-order valence-electron chi connectivity index (χ1n) is 7.26. The lowest BCUT2D eigenvalue weighted by atomic mass is 9.95. The largest absolute Gasteiger partial charge is 0.330 e. The van der Waals surface area contributed by atoms with Crippen molar-refractivity contribution >= 4 is 11.6 Å². The second-order valence-corrected chi connectivity index (χ2v) is 5.49. The maximum atomic E-state index is 12.4. The maximum Gasteiger partial charge on any atom is 0.227 e. The van der Waals surface area contributed by atoms with Crippen molar-refractivity contribution < 1.29 is 4.79 Å². The molecule has 2 rings (SSSR count). The van der Waals surface area contributed by atoms with Crippen LogP contribution in [-0.2, 0) is 11.2 Å². The van der Waals surface area contributed by atoms with Crippen LogP contribution in [0.15, 0.2) is 18.2 Å². The third-order valence-corrected chi connectivity index (χ3v) is 4.29. The standard InChI is InChI=1S/C16H24N2O/c1-3-12-7-4-6-11(2)15(12)18-16(19)14-9-5-8-13(14)10-17/h4,6-7,13-14H,3,5,8-10,17H2,1-2H3,(H,18,19)/t13-,14-/m1/s1. The normalized spacial score (nSPS) is 22.5. The van der Waals surface area contributed by atoms with E-state index in [9.17, 15) is 4.79 Å². The Morgan fingerprint density at radius 2 is 2.21 bits per heavy atom. The van der Waals surface area contributed by atoms with E-state index in [0.29, 0.717) is 12.5 Å². The highest BCUT2D eigenvalue weighted by Gasteiger charge is 2.32. The van der Waals surface area contributed by atoms with Gasteiger partial charge in [0.25, 0.3) is 0 Å². The number of nitrogens with two attached hydrogens (primary N) is 1. The molecule has 1 amide bonds. The first kappa shape index (κ1) is 14.1. The van der Waals surface area contributed by atoms with Gasteiger partial charge in [-0.25, -0.2) is 0 Å². The molecule has 0 spiro atoms. The van der Waals surface area contributed by atoms with Crippen molar-refractivity contribution in [2.24, 2.45) is 17.6 Å². The number of hydrogen-bond donors (Lipinski definition) is 2. The lowest BCUT2D eigenvalue weighted by Gasteiger charge is -2.19. The van der Waals surface area contributed by atoms with Crippen molar-refractivity contribution in [3.05, 3.63) is 29.3 Å². The fourth-order valence-corrected chi connectivity index (χ4v) is 3.08. The van der Waals surface area contributed by atoms with Crippen LogP contribution in [0.4, 0.5) is 5.69 Å². The van der Waals surface area contributed by atoms with Crippen LogP contribution in [0, 0.1) is 18.8 Å². The summed E-state index contributed by atoms with van der Waals surface area (Å²) in [5.41, 5.74) is 9.10. The Bertz CT molecular complexity index is 456. The first-order chi connectivity index (χ1) is 9.17. The molecular formula is C16H24N2O. The summed E-state index contributed by atoms with van der Waals surface area (Å²) in [6, 6.07) is 6.17. The summed E-state index contributed by atoms with van der Waals surface area (Å²) in [6.45, 7) is 4.78. The lowest BCUT2D eigenvalue weighted by molar-refractivity contribution is -0.120. The van der Waals surface area contributed by atoms with E-state index >= 15 is 0 Å². The van der Waals surface area contributed by atoms with Crippen LogP contribution >= 0.6 is 0 Å². The van der Waals surface area contributed by atoms with Crippen molar-refractivity contribution in [1.82, 2.24) is 0 Å². The highest BCUT2D eigenvalue weighted by atomic mass is 16.1. The van der Waals surface area contributed by atoms with E-state index in [-0.39, 0.29) is 11.8 Å². The maximum absolute atomic E-state index is 12.4. The van der Waals surface area contributed by atoms with E-state index in [1.807, 2.05) is 19.1 Å². The van der Waals surface area contributed by atoms with Gasteiger partial charge in [-0.1, -0.05) is 31.5 Å². The van der Waals surface area contributed by atoms with Crippen molar-refractivity contribution in [3.63, 3.8) is 0 Å². The molecule has 0 aliphatic heterocycles. The average Bonchev–Trinajstić information content (AvgIpc) is 2.89. The smallest absolute Gasteiger partial charge is 0.227 e. The number of anilines is 1. The van der Waals surface area contributed by atoms with Gasteiger partial charge in [0.15, 0.2) is 0 Å². The predicted molar refractivity (Wildman–Crippen MR) is 79.1 cm³/mol. The highest BCUT2D eigenvalue weighted by molar-refractivity contribution is 5.94. The Kier molecular flexibility index (Phi) is 4.59. The third-order valence-electron chi connectivity index (χ3n) is 4.29. The summed E-state index contributed by atoms with van der Waals surface area (Å²) in [7, 11) is 0. The van der Waals surface area contributed by atoms with Crippen molar-refractivity contribution in [2.45, 2.75) is 39.5 Å². The molecule has 104 valence electrons. The molecule has 1 saturated carbocycles. The second kappa shape index (κ2) is 6.20. The summed E-state index contributed by atoms with van der Waals surface area (Å²) >= 11 is 0.